The van der Waals surface area contributed by atoms with Crippen molar-refractivity contribution in [2.24, 2.45) is 0 Å². The first-order valence-electron chi connectivity index (χ1n) is 35.3. The van der Waals surface area contributed by atoms with Crippen molar-refractivity contribution in [2.75, 3.05) is 370 Å². The van der Waals surface area contributed by atoms with Crippen molar-refractivity contribution in [3.05, 3.63) is 71.8 Å². The van der Waals surface area contributed by atoms with Gasteiger partial charge in [0.2, 0.25) is 0 Å². The van der Waals surface area contributed by atoms with Crippen LogP contribution >= 0.6 is 0 Å². The van der Waals surface area contributed by atoms with Gasteiger partial charge in [-0.25, -0.2) is 0 Å². The Morgan fingerprint density at radius 3 is 0.273 bits per heavy atom. The van der Waals surface area contributed by atoms with E-state index in [2.05, 4.69) is 0 Å². The molecule has 29 nitrogen and oxygen atoms in total. The van der Waals surface area contributed by atoms with Gasteiger partial charge in [0.15, 0.2) is 0 Å². The van der Waals surface area contributed by atoms with Gasteiger partial charge < -0.3 is 137 Å². The SMILES string of the molecule is c1ccc(COCCOCCOCCOCCOCCOCCOCCOCCOCCOCCOCCOCCOCCOCCOCCOCCOCCOCCOCCOCCOCCOCCOCCOCCOCCOCCOCCOCCOCc2ccccc2)cc1. The van der Waals surface area contributed by atoms with E-state index < -0.39 is 0 Å². The molecule has 0 radical (unpaired) electrons. The molecule has 0 heterocycles. The molecule has 0 amide bonds. The normalized spacial score (nSPS) is 11.7. The number of rotatable bonds is 88. The van der Waals surface area contributed by atoms with Crippen LogP contribution in [0.5, 0.6) is 0 Å². The quantitative estimate of drug-likeness (QED) is 0.0851. The zero-order valence-corrected chi connectivity index (χ0v) is 59.6. The topological polar surface area (TPSA) is 268 Å². The van der Waals surface area contributed by atoms with Crippen molar-refractivity contribution >= 4 is 0 Å². The molecule has 0 aliphatic rings. The maximum atomic E-state index is 5.59. The van der Waals surface area contributed by atoms with Crippen molar-refractivity contribution in [3.63, 3.8) is 0 Å². The van der Waals surface area contributed by atoms with Crippen molar-refractivity contribution in [1.82, 2.24) is 0 Å². The minimum Gasteiger partial charge on any atom is -0.377 e. The smallest absolute Gasteiger partial charge is 0.0718 e. The van der Waals surface area contributed by atoms with Crippen LogP contribution in [0.2, 0.25) is 0 Å². The molecule has 2 aromatic rings. The molecule has 2 rings (SSSR count). The minimum absolute atomic E-state index is 0.481. The lowest BCUT2D eigenvalue weighted by molar-refractivity contribution is -0.0324. The summed E-state index contributed by atoms with van der Waals surface area (Å²) in [5.41, 5.74) is 2.30. The minimum atomic E-state index is 0.481. The Labute approximate surface area is 590 Å². The highest BCUT2D eigenvalue weighted by molar-refractivity contribution is 5.14. The van der Waals surface area contributed by atoms with Gasteiger partial charge in [-0.1, -0.05) is 60.7 Å². The van der Waals surface area contributed by atoms with Gasteiger partial charge in [0.05, 0.1) is 383 Å². The fraction of sp³-hybridized carbons (Fsp3) is 0.829. The van der Waals surface area contributed by atoms with E-state index in [1.807, 2.05) is 60.7 Å². The van der Waals surface area contributed by atoms with Crippen LogP contribution in [0.4, 0.5) is 0 Å². The summed E-state index contributed by atoms with van der Waals surface area (Å²) >= 11 is 0. The van der Waals surface area contributed by atoms with Crippen LogP contribution in [0.3, 0.4) is 0 Å². The summed E-state index contributed by atoms with van der Waals surface area (Å²) < 4.78 is 160. The monoisotopic (exact) mass is 1430 g/mol. The second-order valence-corrected chi connectivity index (χ2v) is 20.6. The van der Waals surface area contributed by atoms with Crippen LogP contribution in [0.15, 0.2) is 60.7 Å². The molecule has 2 aromatic carbocycles. The zero-order valence-electron chi connectivity index (χ0n) is 59.6. The molecule has 0 unspecified atom stereocenters. The van der Waals surface area contributed by atoms with Crippen LogP contribution in [0, 0.1) is 0 Å². The van der Waals surface area contributed by atoms with Gasteiger partial charge in [-0.2, -0.15) is 0 Å². The summed E-state index contributed by atoms with van der Waals surface area (Å²) in [6.45, 7) is 28.9. The van der Waals surface area contributed by atoms with Gasteiger partial charge >= 0.3 is 0 Å². The third-order valence-electron chi connectivity index (χ3n) is 12.6. The fourth-order valence-electron chi connectivity index (χ4n) is 7.58. The molecular weight excluding hydrogens is 1300 g/mol. The first-order valence-corrected chi connectivity index (χ1v) is 35.3. The van der Waals surface area contributed by atoms with Gasteiger partial charge in [0.1, 0.15) is 0 Å². The predicted molar refractivity (Wildman–Crippen MR) is 364 cm³/mol. The first kappa shape index (κ1) is 92.4. The van der Waals surface area contributed by atoms with Gasteiger partial charge in [-0.15, -0.1) is 0 Å². The van der Waals surface area contributed by atoms with Crippen LogP contribution in [0.1, 0.15) is 11.1 Å². The van der Waals surface area contributed by atoms with E-state index in [0.717, 1.165) is 11.1 Å². The van der Waals surface area contributed by atoms with Gasteiger partial charge in [0, 0.05) is 0 Å². The Kier molecular flexibility index (Phi) is 78.6. The average molecular weight is 1430 g/mol. The van der Waals surface area contributed by atoms with E-state index in [0.29, 0.717) is 383 Å². The molecular formula is C70H126O29. The summed E-state index contributed by atoms with van der Waals surface area (Å²) in [4.78, 5) is 0. The molecule has 0 aromatic heterocycles. The van der Waals surface area contributed by atoms with Gasteiger partial charge in [0.25, 0.3) is 0 Å². The second kappa shape index (κ2) is 84.2. The van der Waals surface area contributed by atoms with Crippen LogP contribution in [-0.2, 0) is 151 Å². The predicted octanol–water partition coefficient (Wildman–Crippen LogP) is 3.87. The molecule has 0 bridgehead atoms. The molecule has 0 aliphatic carbocycles. The summed E-state index contributed by atoms with van der Waals surface area (Å²) in [7, 11) is 0. The molecule has 0 N–H and O–H groups in total. The van der Waals surface area contributed by atoms with Crippen LogP contribution in [0.25, 0.3) is 0 Å². The highest BCUT2D eigenvalue weighted by Crippen LogP contribution is 2.02. The van der Waals surface area contributed by atoms with E-state index in [9.17, 15) is 0 Å². The molecule has 0 spiro atoms. The van der Waals surface area contributed by atoms with Crippen molar-refractivity contribution in [2.45, 2.75) is 13.2 Å². The summed E-state index contributed by atoms with van der Waals surface area (Å²) in [5.74, 6) is 0. The summed E-state index contributed by atoms with van der Waals surface area (Å²) in [6, 6.07) is 20.1. The number of ether oxygens (including phenoxy) is 29. The number of hydrogen-bond acceptors (Lipinski definition) is 29. The molecule has 0 saturated carbocycles. The molecule has 99 heavy (non-hydrogen) atoms. The first-order chi connectivity index (χ1) is 49.4. The second-order valence-electron chi connectivity index (χ2n) is 20.6. The molecule has 580 valence electrons. The molecule has 0 atom stereocenters. The van der Waals surface area contributed by atoms with E-state index >= 15 is 0 Å². The van der Waals surface area contributed by atoms with E-state index in [-0.39, 0.29) is 0 Å². The van der Waals surface area contributed by atoms with Crippen LogP contribution < -0.4 is 0 Å². The van der Waals surface area contributed by atoms with Gasteiger partial charge in [-0.05, 0) is 11.1 Å². The lowest BCUT2D eigenvalue weighted by Gasteiger charge is -2.09. The molecule has 0 aliphatic heterocycles. The Morgan fingerprint density at radius 2 is 0.182 bits per heavy atom. The van der Waals surface area contributed by atoms with Crippen molar-refractivity contribution < 1.29 is 137 Å². The van der Waals surface area contributed by atoms with Crippen molar-refractivity contribution in [3.8, 4) is 0 Å². The molecule has 0 saturated heterocycles. The highest BCUT2D eigenvalue weighted by atomic mass is 16.6. The standard InChI is InChI=1S/C70H126O29/c1-3-7-69(8-4-1)67-98-65-63-96-61-59-94-57-55-92-53-51-90-49-47-88-45-43-86-41-39-84-37-35-82-33-31-80-29-27-78-25-23-76-21-19-74-17-15-72-13-11-71-12-14-73-16-18-75-20-22-77-24-26-79-28-30-81-32-34-83-36-38-85-40-42-87-44-46-89-48-50-91-52-54-93-56-58-95-60-62-97-64-66-99-68-70-9-5-2-6-10-70/h1-10H,11-68H2. The highest BCUT2D eigenvalue weighted by Gasteiger charge is 2.03. The molecule has 29 heteroatoms. The largest absolute Gasteiger partial charge is 0.377 e. The number of benzene rings is 2. The Morgan fingerprint density at radius 1 is 0.101 bits per heavy atom. The van der Waals surface area contributed by atoms with E-state index in [1.54, 1.807) is 0 Å². The summed E-state index contributed by atoms with van der Waals surface area (Å²) in [6.07, 6.45) is 0. The zero-order chi connectivity index (χ0) is 69.7. The fourth-order valence-corrected chi connectivity index (χ4v) is 7.58. The molecule has 0 fully saturated rings. The van der Waals surface area contributed by atoms with E-state index in [4.69, 9.17) is 137 Å². The number of hydrogen-bond donors (Lipinski definition) is 0. The lowest BCUT2D eigenvalue weighted by atomic mass is 10.2. The Hall–Kier alpha value is -2.72. The average Bonchev–Trinajstić information content (AvgIpc) is 3.51. The summed E-state index contributed by atoms with van der Waals surface area (Å²) in [5, 5.41) is 0. The van der Waals surface area contributed by atoms with Gasteiger partial charge in [-0.3, -0.25) is 0 Å². The third-order valence-corrected chi connectivity index (χ3v) is 12.6. The maximum absolute atomic E-state index is 5.59. The maximum Gasteiger partial charge on any atom is 0.0718 e. The van der Waals surface area contributed by atoms with Crippen LogP contribution in [-0.4, -0.2) is 370 Å². The Bertz CT molecular complexity index is 1640. The third kappa shape index (κ3) is 77.7. The van der Waals surface area contributed by atoms with E-state index in [1.165, 1.54) is 0 Å². The lowest BCUT2D eigenvalue weighted by Crippen LogP contribution is -2.16. The van der Waals surface area contributed by atoms with Crippen molar-refractivity contribution in [1.29, 1.82) is 0 Å². The Balaban J connectivity index is 1.07.